The summed E-state index contributed by atoms with van der Waals surface area (Å²) in [5, 5.41) is 11.2. The van der Waals surface area contributed by atoms with Crippen molar-refractivity contribution in [3.8, 4) is 11.4 Å². The largest absolute Gasteiger partial charge is 0.383 e. The molecule has 0 saturated carbocycles. The number of aryl methyl sites for hydroxylation is 1. The topological polar surface area (TPSA) is 69.6 Å². The van der Waals surface area contributed by atoms with Crippen molar-refractivity contribution < 1.29 is 9.90 Å². The van der Waals surface area contributed by atoms with Gasteiger partial charge in [-0.25, -0.2) is 9.97 Å². The highest BCUT2D eigenvalue weighted by Gasteiger charge is 2.27. The number of amides is 1. The molecule has 1 N–H and O–H groups in total. The first-order valence-corrected chi connectivity index (χ1v) is 11.1. The average molecular weight is 419 g/mol. The molecule has 2 aromatic carbocycles. The van der Waals surface area contributed by atoms with Gasteiger partial charge in [0, 0.05) is 37.1 Å². The second-order valence-electron chi connectivity index (χ2n) is 8.17. The number of unbranched alkanes of at least 4 members (excludes halogenated alkanes) is 1. The molecular formula is C25H30N4O2. The fraction of sp³-hybridized carbons (Fsp3) is 0.400. The predicted octanol–water partition coefficient (Wildman–Crippen LogP) is 3.80. The number of aliphatic hydroxyl groups excluding tert-OH is 1. The summed E-state index contributed by atoms with van der Waals surface area (Å²) < 4.78 is 0. The normalized spacial score (nSPS) is 15.3. The number of aliphatic hydroxyl groups is 1. The monoisotopic (exact) mass is 418 g/mol. The Bertz CT molecular complexity index is 1060. The van der Waals surface area contributed by atoms with Gasteiger partial charge >= 0.3 is 0 Å². The van der Waals surface area contributed by atoms with Crippen molar-refractivity contribution in [2.24, 2.45) is 0 Å². The number of para-hydroxylation sites is 1. The van der Waals surface area contributed by atoms with E-state index in [1.807, 2.05) is 30.3 Å². The molecule has 0 aliphatic carbocycles. The fourth-order valence-corrected chi connectivity index (χ4v) is 4.12. The number of hydrogen-bond donors (Lipinski definition) is 1. The molecular weight excluding hydrogens is 388 g/mol. The van der Waals surface area contributed by atoms with Crippen LogP contribution in [0, 0.1) is 6.92 Å². The molecule has 6 heteroatoms. The van der Waals surface area contributed by atoms with Crippen LogP contribution in [0.3, 0.4) is 0 Å². The third kappa shape index (κ3) is 4.54. The summed E-state index contributed by atoms with van der Waals surface area (Å²) >= 11 is 0. The Hall–Kier alpha value is -2.99. The number of benzene rings is 2. The molecule has 2 heterocycles. The summed E-state index contributed by atoms with van der Waals surface area (Å²) in [7, 11) is 0. The summed E-state index contributed by atoms with van der Waals surface area (Å²) in [6.07, 6.45) is 1.48. The molecule has 1 amide bonds. The third-order valence-corrected chi connectivity index (χ3v) is 5.98. The van der Waals surface area contributed by atoms with Gasteiger partial charge in [-0.05, 0) is 31.0 Å². The lowest BCUT2D eigenvalue weighted by atomic mass is 10.1. The van der Waals surface area contributed by atoms with Crippen LogP contribution in [0.4, 0.5) is 5.82 Å². The number of hydrogen-bond acceptors (Lipinski definition) is 5. The molecule has 0 spiro atoms. The van der Waals surface area contributed by atoms with E-state index in [0.29, 0.717) is 32.6 Å². The molecule has 0 radical (unpaired) electrons. The minimum Gasteiger partial charge on any atom is -0.383 e. The molecule has 162 valence electrons. The van der Waals surface area contributed by atoms with Crippen molar-refractivity contribution in [3.05, 3.63) is 54.1 Å². The third-order valence-electron chi connectivity index (χ3n) is 5.98. The maximum absolute atomic E-state index is 12.6. The van der Waals surface area contributed by atoms with Crippen LogP contribution < -0.4 is 4.90 Å². The molecule has 1 saturated heterocycles. The van der Waals surface area contributed by atoms with Crippen LogP contribution in [-0.2, 0) is 4.79 Å². The highest BCUT2D eigenvalue weighted by Crippen LogP contribution is 2.29. The molecule has 1 unspecified atom stereocenters. The number of fused-ring (bicyclic) bond motifs is 1. The average Bonchev–Trinajstić information content (AvgIpc) is 2.81. The van der Waals surface area contributed by atoms with Gasteiger partial charge in [-0.3, -0.25) is 4.79 Å². The van der Waals surface area contributed by atoms with E-state index in [1.54, 1.807) is 4.90 Å². The summed E-state index contributed by atoms with van der Waals surface area (Å²) in [5.74, 6) is 1.48. The highest BCUT2D eigenvalue weighted by atomic mass is 16.3. The molecule has 1 atom stereocenters. The Morgan fingerprint density at radius 2 is 1.74 bits per heavy atom. The van der Waals surface area contributed by atoms with E-state index in [1.165, 1.54) is 0 Å². The maximum Gasteiger partial charge on any atom is 0.251 e. The van der Waals surface area contributed by atoms with Gasteiger partial charge < -0.3 is 14.9 Å². The lowest BCUT2D eigenvalue weighted by Gasteiger charge is -2.36. The number of aromatic nitrogens is 2. The summed E-state index contributed by atoms with van der Waals surface area (Å²) in [6, 6.07) is 16.2. The Balaban J connectivity index is 1.59. The lowest BCUT2D eigenvalue weighted by Crippen LogP contribution is -2.51. The Morgan fingerprint density at radius 3 is 2.48 bits per heavy atom. The number of carbonyl (C=O) groups is 1. The first-order chi connectivity index (χ1) is 15.1. The quantitative estimate of drug-likeness (QED) is 0.659. The predicted molar refractivity (Wildman–Crippen MR) is 124 cm³/mol. The van der Waals surface area contributed by atoms with Crippen molar-refractivity contribution >= 4 is 22.6 Å². The van der Waals surface area contributed by atoms with E-state index in [-0.39, 0.29) is 5.91 Å². The molecule has 1 fully saturated rings. The van der Waals surface area contributed by atoms with Gasteiger partial charge in [-0.2, -0.15) is 0 Å². The first kappa shape index (κ1) is 21.2. The zero-order chi connectivity index (χ0) is 21.8. The van der Waals surface area contributed by atoms with Crippen LogP contribution in [0.2, 0.25) is 0 Å². The van der Waals surface area contributed by atoms with Crippen LogP contribution in [0.5, 0.6) is 0 Å². The van der Waals surface area contributed by atoms with Crippen molar-refractivity contribution in [1.82, 2.24) is 14.9 Å². The SMILES string of the molecule is CCCCC(O)C(=O)N1CCN(c2nc(-c3ccccc3C)nc3ccccc23)CC1. The van der Waals surface area contributed by atoms with Crippen LogP contribution in [0.25, 0.3) is 22.3 Å². The van der Waals surface area contributed by atoms with Gasteiger partial charge in [0.2, 0.25) is 0 Å². The number of anilines is 1. The van der Waals surface area contributed by atoms with Crippen LogP contribution in [0.1, 0.15) is 31.7 Å². The van der Waals surface area contributed by atoms with Gasteiger partial charge in [0.25, 0.3) is 5.91 Å². The summed E-state index contributed by atoms with van der Waals surface area (Å²) in [5.41, 5.74) is 3.09. The Labute approximate surface area is 183 Å². The molecule has 6 nitrogen and oxygen atoms in total. The van der Waals surface area contributed by atoms with E-state index in [0.717, 1.165) is 46.5 Å². The zero-order valence-electron chi connectivity index (χ0n) is 18.3. The van der Waals surface area contributed by atoms with E-state index in [9.17, 15) is 9.90 Å². The minimum absolute atomic E-state index is 0.152. The Morgan fingerprint density at radius 1 is 1.03 bits per heavy atom. The summed E-state index contributed by atoms with van der Waals surface area (Å²) in [6.45, 7) is 6.66. The number of carbonyl (C=O) groups excluding carboxylic acids is 1. The second kappa shape index (κ2) is 9.43. The van der Waals surface area contributed by atoms with E-state index in [2.05, 4.69) is 36.9 Å². The molecule has 3 aromatic rings. The van der Waals surface area contributed by atoms with Gasteiger partial charge in [-0.1, -0.05) is 56.2 Å². The van der Waals surface area contributed by atoms with E-state index in [4.69, 9.17) is 9.97 Å². The van der Waals surface area contributed by atoms with E-state index >= 15 is 0 Å². The molecule has 1 aromatic heterocycles. The smallest absolute Gasteiger partial charge is 0.251 e. The van der Waals surface area contributed by atoms with Crippen LogP contribution in [0.15, 0.2) is 48.5 Å². The van der Waals surface area contributed by atoms with Gasteiger partial charge in [0.05, 0.1) is 5.52 Å². The fourth-order valence-electron chi connectivity index (χ4n) is 4.12. The lowest BCUT2D eigenvalue weighted by molar-refractivity contribution is -0.140. The van der Waals surface area contributed by atoms with Crippen LogP contribution in [-0.4, -0.2) is 58.2 Å². The van der Waals surface area contributed by atoms with Crippen molar-refractivity contribution in [3.63, 3.8) is 0 Å². The number of nitrogens with zero attached hydrogens (tertiary/aromatic N) is 4. The zero-order valence-corrected chi connectivity index (χ0v) is 18.3. The standard InChI is InChI=1S/C25H30N4O2/c1-3-4-13-22(30)25(31)29-16-14-28(15-17-29)24-20-11-7-8-12-21(20)26-23(27-24)19-10-6-5-9-18(19)2/h5-12,22,30H,3-4,13-17H2,1-2H3. The van der Waals surface area contributed by atoms with Crippen molar-refractivity contribution in [1.29, 1.82) is 0 Å². The minimum atomic E-state index is -0.890. The molecule has 1 aliphatic rings. The highest BCUT2D eigenvalue weighted by molar-refractivity contribution is 5.91. The van der Waals surface area contributed by atoms with Gasteiger partial charge in [0.15, 0.2) is 5.82 Å². The maximum atomic E-state index is 12.6. The summed E-state index contributed by atoms with van der Waals surface area (Å²) in [4.78, 5) is 26.4. The second-order valence-corrected chi connectivity index (χ2v) is 8.17. The molecule has 0 bridgehead atoms. The molecule has 31 heavy (non-hydrogen) atoms. The van der Waals surface area contributed by atoms with Gasteiger partial charge in [0.1, 0.15) is 11.9 Å². The van der Waals surface area contributed by atoms with Crippen LogP contribution >= 0.6 is 0 Å². The van der Waals surface area contributed by atoms with Gasteiger partial charge in [-0.15, -0.1) is 0 Å². The first-order valence-electron chi connectivity index (χ1n) is 11.1. The van der Waals surface area contributed by atoms with Crippen molar-refractivity contribution in [2.45, 2.75) is 39.2 Å². The van der Waals surface area contributed by atoms with Crippen molar-refractivity contribution in [2.75, 3.05) is 31.1 Å². The van der Waals surface area contributed by atoms with E-state index < -0.39 is 6.10 Å². The molecule has 1 aliphatic heterocycles. The number of piperazine rings is 1. The number of rotatable bonds is 6. The molecule has 4 rings (SSSR count). The Kier molecular flexibility index (Phi) is 6.47.